The van der Waals surface area contributed by atoms with Crippen LogP contribution in [-0.2, 0) is 20.0 Å². The average molecular weight is 564 g/mol. The predicted octanol–water partition coefficient (Wildman–Crippen LogP) is 4.46. The molecule has 2 fully saturated rings. The van der Waals surface area contributed by atoms with E-state index in [4.69, 9.17) is 4.74 Å². The first kappa shape index (κ1) is 28.5. The quantitative estimate of drug-likeness (QED) is 0.507. The van der Waals surface area contributed by atoms with E-state index >= 15 is 0 Å². The van der Waals surface area contributed by atoms with Crippen molar-refractivity contribution in [3.05, 3.63) is 48.0 Å². The van der Waals surface area contributed by atoms with E-state index < -0.39 is 26.0 Å². The van der Waals surface area contributed by atoms with E-state index in [-0.39, 0.29) is 33.2 Å². The lowest BCUT2D eigenvalue weighted by atomic mass is 9.96. The highest BCUT2D eigenvalue weighted by atomic mass is 32.2. The summed E-state index contributed by atoms with van der Waals surface area (Å²) in [5.41, 5.74) is 0.557. The second-order valence-electron chi connectivity index (χ2n) is 10.1. The Balaban J connectivity index is 1.52. The molecule has 2 aliphatic rings. The highest BCUT2D eigenvalue weighted by molar-refractivity contribution is 7.89. The van der Waals surface area contributed by atoms with Crippen LogP contribution in [0, 0.1) is 0 Å². The van der Waals surface area contributed by atoms with Crippen molar-refractivity contribution < 1.29 is 26.4 Å². The van der Waals surface area contributed by atoms with E-state index in [1.807, 2.05) is 6.92 Å². The van der Waals surface area contributed by atoms with Crippen molar-refractivity contribution in [2.24, 2.45) is 0 Å². The standard InChI is InChI=1S/C27H37N3O6S2/c1-20-9-7-8-18-30(20)38(34,35)26-19-21(12-17-25(26)36-3)27(31)28-22-13-15-24(16-14-22)37(32,33)29(2)23-10-5-4-6-11-23/h12-17,19-20,23H,4-11,18H2,1-3H3,(H,28,31). The number of ether oxygens (including phenoxy) is 1. The van der Waals surface area contributed by atoms with Gasteiger partial charge in [0.15, 0.2) is 0 Å². The Kier molecular flexibility index (Phi) is 8.81. The van der Waals surface area contributed by atoms with Crippen LogP contribution in [0.3, 0.4) is 0 Å². The van der Waals surface area contributed by atoms with Crippen LogP contribution in [-0.4, -0.2) is 64.1 Å². The third-order valence-corrected chi connectivity index (χ3v) is 11.6. The van der Waals surface area contributed by atoms with Gasteiger partial charge in [0.2, 0.25) is 20.0 Å². The zero-order valence-electron chi connectivity index (χ0n) is 22.2. The smallest absolute Gasteiger partial charge is 0.255 e. The van der Waals surface area contributed by atoms with Crippen LogP contribution in [0.2, 0.25) is 0 Å². The maximum Gasteiger partial charge on any atom is 0.255 e. The number of rotatable bonds is 8. The molecule has 0 radical (unpaired) electrons. The second-order valence-corrected chi connectivity index (χ2v) is 14.0. The van der Waals surface area contributed by atoms with Gasteiger partial charge in [-0.15, -0.1) is 0 Å². The Morgan fingerprint density at radius 2 is 1.61 bits per heavy atom. The first-order valence-corrected chi connectivity index (χ1v) is 16.0. The number of benzene rings is 2. The van der Waals surface area contributed by atoms with Crippen LogP contribution in [0.15, 0.2) is 52.3 Å². The summed E-state index contributed by atoms with van der Waals surface area (Å²) < 4.78 is 61.4. The Hall–Kier alpha value is -2.47. The number of piperidine rings is 1. The van der Waals surface area contributed by atoms with Gasteiger partial charge < -0.3 is 10.1 Å². The van der Waals surface area contributed by atoms with E-state index in [1.165, 1.54) is 58.2 Å². The summed E-state index contributed by atoms with van der Waals surface area (Å²) in [5.74, 6) is -0.332. The molecule has 1 heterocycles. The summed E-state index contributed by atoms with van der Waals surface area (Å²) in [5, 5.41) is 2.74. The van der Waals surface area contributed by atoms with Gasteiger partial charge in [-0.25, -0.2) is 16.8 Å². The maximum absolute atomic E-state index is 13.5. The van der Waals surface area contributed by atoms with Crippen LogP contribution >= 0.6 is 0 Å². The largest absolute Gasteiger partial charge is 0.495 e. The molecule has 0 aromatic heterocycles. The normalized spacial score (nSPS) is 19.8. The summed E-state index contributed by atoms with van der Waals surface area (Å²) in [6.45, 7) is 2.31. The molecule has 1 aliphatic heterocycles. The lowest BCUT2D eigenvalue weighted by Crippen LogP contribution is -2.42. The van der Waals surface area contributed by atoms with Crippen LogP contribution in [0.5, 0.6) is 5.75 Å². The fourth-order valence-corrected chi connectivity index (χ4v) is 8.59. The molecule has 1 aliphatic carbocycles. The van der Waals surface area contributed by atoms with Crippen molar-refractivity contribution in [2.75, 3.05) is 26.0 Å². The summed E-state index contributed by atoms with van der Waals surface area (Å²) in [6.07, 6.45) is 7.46. The minimum absolute atomic E-state index is 0.00148. The van der Waals surface area contributed by atoms with Crippen molar-refractivity contribution in [3.8, 4) is 5.75 Å². The number of hydrogen-bond acceptors (Lipinski definition) is 6. The second kappa shape index (κ2) is 11.7. The third kappa shape index (κ3) is 5.90. The van der Waals surface area contributed by atoms with E-state index in [9.17, 15) is 21.6 Å². The van der Waals surface area contributed by atoms with Crippen LogP contribution in [0.4, 0.5) is 5.69 Å². The van der Waals surface area contributed by atoms with Crippen molar-refractivity contribution in [2.45, 2.75) is 80.2 Å². The fourth-order valence-electron chi connectivity index (χ4n) is 5.30. The topological polar surface area (TPSA) is 113 Å². The SMILES string of the molecule is COc1ccc(C(=O)Nc2ccc(S(=O)(=O)N(C)C3CCCCC3)cc2)cc1S(=O)(=O)N1CCCCC1C. The minimum atomic E-state index is -3.87. The molecule has 4 rings (SSSR count). The molecule has 2 aromatic rings. The lowest BCUT2D eigenvalue weighted by molar-refractivity contribution is 0.102. The van der Waals surface area contributed by atoms with Crippen molar-refractivity contribution >= 4 is 31.6 Å². The number of carbonyl (C=O) groups is 1. The Labute approximate surface area is 226 Å². The first-order valence-electron chi connectivity index (χ1n) is 13.1. The molecule has 1 saturated heterocycles. The molecule has 11 heteroatoms. The number of anilines is 1. The summed E-state index contributed by atoms with van der Waals surface area (Å²) >= 11 is 0. The zero-order chi connectivity index (χ0) is 27.5. The van der Waals surface area contributed by atoms with Crippen molar-refractivity contribution in [1.29, 1.82) is 0 Å². The highest BCUT2D eigenvalue weighted by Crippen LogP contribution is 2.32. The van der Waals surface area contributed by atoms with Crippen molar-refractivity contribution in [1.82, 2.24) is 8.61 Å². The number of hydrogen-bond donors (Lipinski definition) is 1. The van der Waals surface area contributed by atoms with E-state index in [0.717, 1.165) is 51.4 Å². The molecule has 9 nitrogen and oxygen atoms in total. The number of methoxy groups -OCH3 is 1. The van der Waals surface area contributed by atoms with E-state index in [2.05, 4.69) is 5.32 Å². The molecule has 1 atom stereocenters. The lowest BCUT2D eigenvalue weighted by Gasteiger charge is -2.32. The average Bonchev–Trinajstić information content (AvgIpc) is 2.93. The number of nitrogens with zero attached hydrogens (tertiary/aromatic N) is 2. The van der Waals surface area contributed by atoms with E-state index in [0.29, 0.717) is 12.2 Å². The van der Waals surface area contributed by atoms with Gasteiger partial charge in [0.05, 0.1) is 12.0 Å². The minimum Gasteiger partial charge on any atom is -0.495 e. The van der Waals surface area contributed by atoms with Gasteiger partial charge in [0.25, 0.3) is 5.91 Å². The molecular formula is C27H37N3O6S2. The summed E-state index contributed by atoms with van der Waals surface area (Å²) in [4.78, 5) is 13.2. The van der Waals surface area contributed by atoms with Gasteiger partial charge in [-0.2, -0.15) is 8.61 Å². The molecule has 1 saturated carbocycles. The molecule has 0 spiro atoms. The van der Waals surface area contributed by atoms with Gasteiger partial charge in [-0.05, 0) is 75.1 Å². The van der Waals surface area contributed by atoms with Crippen LogP contribution < -0.4 is 10.1 Å². The van der Waals surface area contributed by atoms with Crippen LogP contribution in [0.25, 0.3) is 0 Å². The molecule has 38 heavy (non-hydrogen) atoms. The van der Waals surface area contributed by atoms with E-state index in [1.54, 1.807) is 7.05 Å². The Bertz CT molecular complexity index is 1350. The Morgan fingerprint density at radius 3 is 2.24 bits per heavy atom. The van der Waals surface area contributed by atoms with Gasteiger partial charge in [0.1, 0.15) is 10.6 Å². The molecule has 2 aromatic carbocycles. The number of carbonyl (C=O) groups excluding carboxylic acids is 1. The van der Waals surface area contributed by atoms with Crippen LogP contribution in [0.1, 0.15) is 68.6 Å². The Morgan fingerprint density at radius 1 is 0.947 bits per heavy atom. The zero-order valence-corrected chi connectivity index (χ0v) is 23.9. The molecule has 208 valence electrons. The summed E-state index contributed by atoms with van der Waals surface area (Å²) in [7, 11) is -4.49. The number of sulfonamides is 2. The van der Waals surface area contributed by atoms with Gasteiger partial charge in [-0.3, -0.25) is 4.79 Å². The monoisotopic (exact) mass is 563 g/mol. The van der Waals surface area contributed by atoms with Gasteiger partial charge in [-0.1, -0.05) is 25.7 Å². The number of amides is 1. The van der Waals surface area contributed by atoms with Gasteiger partial charge in [0, 0.05) is 36.9 Å². The molecule has 1 N–H and O–H groups in total. The molecule has 0 bridgehead atoms. The summed E-state index contributed by atoms with van der Waals surface area (Å²) in [6, 6.07) is 10.2. The molecule has 1 unspecified atom stereocenters. The molecule has 1 amide bonds. The first-order chi connectivity index (χ1) is 18.1. The number of nitrogens with one attached hydrogen (secondary N) is 1. The maximum atomic E-state index is 13.5. The van der Waals surface area contributed by atoms with Gasteiger partial charge >= 0.3 is 0 Å². The predicted molar refractivity (Wildman–Crippen MR) is 146 cm³/mol. The third-order valence-electron chi connectivity index (χ3n) is 7.63. The molecular weight excluding hydrogens is 526 g/mol. The van der Waals surface area contributed by atoms with Crippen molar-refractivity contribution in [3.63, 3.8) is 0 Å². The fraction of sp³-hybridized carbons (Fsp3) is 0.519. The highest BCUT2D eigenvalue weighted by Gasteiger charge is 2.34.